The van der Waals surface area contributed by atoms with Gasteiger partial charge >= 0.3 is 0 Å². The van der Waals surface area contributed by atoms with E-state index in [1.807, 2.05) is 0 Å². The normalized spacial score (nSPS) is 23.0. The first kappa shape index (κ1) is 13.3. The highest BCUT2D eigenvalue weighted by molar-refractivity contribution is 7.99. The van der Waals surface area contributed by atoms with Crippen LogP contribution in [0.1, 0.15) is 33.1 Å². The first-order valence-corrected chi connectivity index (χ1v) is 7.29. The molecule has 0 spiro atoms. The van der Waals surface area contributed by atoms with E-state index in [9.17, 15) is 0 Å². The van der Waals surface area contributed by atoms with Gasteiger partial charge in [-0.05, 0) is 37.3 Å². The molecule has 1 atom stereocenters. The number of rotatable bonds is 5. The maximum Gasteiger partial charge on any atom is 0.0344 e. The Bertz CT molecular complexity index is 178. The van der Waals surface area contributed by atoms with E-state index in [-0.39, 0.29) is 0 Å². The fraction of sp³-hybridized carbons (Fsp3) is 1.00. The van der Waals surface area contributed by atoms with E-state index >= 15 is 0 Å². The van der Waals surface area contributed by atoms with E-state index in [2.05, 4.69) is 37.6 Å². The standard InChI is InChI=1S/C12H26N2S/c1-4-11(2)9-14(3)12(10-13)5-7-15-8-6-12/h11H,4-10,13H2,1-3H3. The third-order valence-corrected chi connectivity index (χ3v) is 4.88. The summed E-state index contributed by atoms with van der Waals surface area (Å²) in [5, 5.41) is 0. The Morgan fingerprint density at radius 3 is 2.47 bits per heavy atom. The second kappa shape index (κ2) is 6.12. The van der Waals surface area contributed by atoms with Gasteiger partial charge in [-0.2, -0.15) is 11.8 Å². The summed E-state index contributed by atoms with van der Waals surface area (Å²) in [6.07, 6.45) is 3.79. The van der Waals surface area contributed by atoms with Crippen LogP contribution in [0.2, 0.25) is 0 Å². The Morgan fingerprint density at radius 1 is 1.40 bits per heavy atom. The molecule has 90 valence electrons. The van der Waals surface area contributed by atoms with E-state index in [4.69, 9.17) is 5.73 Å². The molecule has 1 heterocycles. The molecule has 1 saturated heterocycles. The van der Waals surface area contributed by atoms with Crippen LogP contribution in [-0.2, 0) is 0 Å². The van der Waals surface area contributed by atoms with E-state index in [1.54, 1.807) is 0 Å². The zero-order chi connectivity index (χ0) is 11.3. The summed E-state index contributed by atoms with van der Waals surface area (Å²) >= 11 is 2.07. The Kier molecular flexibility index (Phi) is 5.44. The van der Waals surface area contributed by atoms with Crippen molar-refractivity contribution in [2.45, 2.75) is 38.6 Å². The van der Waals surface area contributed by atoms with Crippen LogP contribution >= 0.6 is 11.8 Å². The highest BCUT2D eigenvalue weighted by Gasteiger charge is 2.35. The van der Waals surface area contributed by atoms with E-state index in [0.29, 0.717) is 5.54 Å². The van der Waals surface area contributed by atoms with E-state index < -0.39 is 0 Å². The van der Waals surface area contributed by atoms with Crippen molar-refractivity contribution in [3.63, 3.8) is 0 Å². The maximum atomic E-state index is 6.01. The molecule has 0 amide bonds. The Hall–Kier alpha value is 0.270. The third-order valence-electron chi connectivity index (χ3n) is 3.90. The van der Waals surface area contributed by atoms with Gasteiger partial charge < -0.3 is 5.73 Å². The summed E-state index contributed by atoms with van der Waals surface area (Å²) in [5.41, 5.74) is 6.31. The van der Waals surface area contributed by atoms with Crippen molar-refractivity contribution in [1.82, 2.24) is 4.90 Å². The molecule has 2 N–H and O–H groups in total. The van der Waals surface area contributed by atoms with Gasteiger partial charge in [-0.15, -0.1) is 0 Å². The molecular formula is C12H26N2S. The molecule has 1 aliphatic heterocycles. The molecule has 3 heteroatoms. The van der Waals surface area contributed by atoms with Crippen molar-refractivity contribution in [2.75, 3.05) is 31.6 Å². The molecule has 15 heavy (non-hydrogen) atoms. The zero-order valence-electron chi connectivity index (χ0n) is 10.5. The molecule has 0 aliphatic carbocycles. The second-order valence-electron chi connectivity index (χ2n) is 4.93. The van der Waals surface area contributed by atoms with Crippen molar-refractivity contribution in [3.8, 4) is 0 Å². The third kappa shape index (κ3) is 3.36. The first-order chi connectivity index (χ1) is 7.14. The van der Waals surface area contributed by atoms with Crippen LogP contribution in [0.15, 0.2) is 0 Å². The quantitative estimate of drug-likeness (QED) is 0.785. The van der Waals surface area contributed by atoms with Crippen molar-refractivity contribution < 1.29 is 0 Å². The van der Waals surface area contributed by atoms with Gasteiger partial charge in [-0.1, -0.05) is 20.3 Å². The summed E-state index contributed by atoms with van der Waals surface area (Å²) in [7, 11) is 2.26. The lowest BCUT2D eigenvalue weighted by molar-refractivity contribution is 0.0981. The average molecular weight is 230 g/mol. The van der Waals surface area contributed by atoms with Crippen molar-refractivity contribution >= 4 is 11.8 Å². The summed E-state index contributed by atoms with van der Waals surface area (Å²) < 4.78 is 0. The van der Waals surface area contributed by atoms with Crippen molar-refractivity contribution in [2.24, 2.45) is 11.7 Å². The molecule has 1 rings (SSSR count). The topological polar surface area (TPSA) is 29.3 Å². The Labute approximate surface area is 99.0 Å². The molecule has 2 nitrogen and oxygen atoms in total. The minimum Gasteiger partial charge on any atom is -0.329 e. The molecule has 0 saturated carbocycles. The molecule has 0 aromatic rings. The fourth-order valence-electron chi connectivity index (χ4n) is 2.28. The van der Waals surface area contributed by atoms with Gasteiger partial charge in [0.05, 0.1) is 0 Å². The minimum atomic E-state index is 0.300. The molecule has 0 aromatic heterocycles. The largest absolute Gasteiger partial charge is 0.329 e. The lowest BCUT2D eigenvalue weighted by Gasteiger charge is -2.44. The van der Waals surface area contributed by atoms with Crippen LogP contribution < -0.4 is 5.73 Å². The maximum absolute atomic E-state index is 6.01. The minimum absolute atomic E-state index is 0.300. The van der Waals surface area contributed by atoms with Crippen LogP contribution in [0.3, 0.4) is 0 Å². The predicted molar refractivity (Wildman–Crippen MR) is 70.4 cm³/mol. The highest BCUT2D eigenvalue weighted by Crippen LogP contribution is 2.31. The van der Waals surface area contributed by atoms with Crippen LogP contribution in [-0.4, -0.2) is 42.1 Å². The van der Waals surface area contributed by atoms with Gasteiger partial charge in [-0.3, -0.25) is 4.90 Å². The Balaban J connectivity index is 2.55. The van der Waals surface area contributed by atoms with Crippen LogP contribution in [0, 0.1) is 5.92 Å². The number of hydrogen-bond donors (Lipinski definition) is 1. The second-order valence-corrected chi connectivity index (χ2v) is 6.16. The first-order valence-electron chi connectivity index (χ1n) is 6.13. The molecule has 0 radical (unpaired) electrons. The molecule has 0 aromatic carbocycles. The average Bonchev–Trinajstić information content (AvgIpc) is 2.29. The van der Waals surface area contributed by atoms with E-state index in [0.717, 1.165) is 12.5 Å². The smallest absolute Gasteiger partial charge is 0.0344 e. The molecule has 0 bridgehead atoms. The van der Waals surface area contributed by atoms with Gasteiger partial charge in [0, 0.05) is 18.6 Å². The monoisotopic (exact) mass is 230 g/mol. The SMILES string of the molecule is CCC(C)CN(C)C1(CN)CCSCC1. The van der Waals surface area contributed by atoms with Crippen LogP contribution in [0.5, 0.6) is 0 Å². The summed E-state index contributed by atoms with van der Waals surface area (Å²) in [4.78, 5) is 2.53. The van der Waals surface area contributed by atoms with Gasteiger partial charge in [0.1, 0.15) is 0 Å². The van der Waals surface area contributed by atoms with Crippen molar-refractivity contribution in [3.05, 3.63) is 0 Å². The van der Waals surface area contributed by atoms with Crippen molar-refractivity contribution in [1.29, 1.82) is 0 Å². The van der Waals surface area contributed by atoms with Gasteiger partial charge in [-0.25, -0.2) is 0 Å². The number of nitrogens with two attached hydrogens (primary N) is 1. The van der Waals surface area contributed by atoms with E-state index in [1.165, 1.54) is 37.3 Å². The van der Waals surface area contributed by atoms with Gasteiger partial charge in [0.15, 0.2) is 0 Å². The number of nitrogens with zero attached hydrogens (tertiary/aromatic N) is 1. The Morgan fingerprint density at radius 2 is 2.00 bits per heavy atom. The lowest BCUT2D eigenvalue weighted by atomic mass is 9.89. The molecule has 1 unspecified atom stereocenters. The number of hydrogen-bond acceptors (Lipinski definition) is 3. The van der Waals surface area contributed by atoms with Crippen LogP contribution in [0.4, 0.5) is 0 Å². The van der Waals surface area contributed by atoms with Gasteiger partial charge in [0.2, 0.25) is 0 Å². The van der Waals surface area contributed by atoms with Gasteiger partial charge in [0.25, 0.3) is 0 Å². The molecule has 1 aliphatic rings. The summed E-state index contributed by atoms with van der Waals surface area (Å²) in [5.74, 6) is 3.34. The molecule has 1 fully saturated rings. The lowest BCUT2D eigenvalue weighted by Crippen LogP contribution is -2.55. The number of thioether (sulfide) groups is 1. The summed E-state index contributed by atoms with van der Waals surface area (Å²) in [6.45, 7) is 6.61. The molecular weight excluding hydrogens is 204 g/mol. The number of likely N-dealkylation sites (N-methyl/N-ethyl adjacent to an activating group) is 1. The predicted octanol–water partition coefficient (Wildman–Crippen LogP) is 2.19. The zero-order valence-corrected chi connectivity index (χ0v) is 11.3. The summed E-state index contributed by atoms with van der Waals surface area (Å²) in [6, 6.07) is 0. The fourth-order valence-corrected chi connectivity index (χ4v) is 3.54. The van der Waals surface area contributed by atoms with Crippen LogP contribution in [0.25, 0.3) is 0 Å². The highest BCUT2D eigenvalue weighted by atomic mass is 32.2.